The highest BCUT2D eigenvalue weighted by Crippen LogP contribution is 2.06. The molecule has 0 bridgehead atoms. The standard InChI is InChI=1S/C9H11N5O/c1-2-14-9(12-7-13-14)5-15-8-3-10-6-11-4-8/h3-4,6-7H,2,5H2,1H3. The molecule has 0 amide bonds. The summed E-state index contributed by atoms with van der Waals surface area (Å²) in [6.45, 7) is 3.16. The van der Waals surface area contributed by atoms with Gasteiger partial charge in [-0.3, -0.25) is 0 Å². The van der Waals surface area contributed by atoms with Crippen molar-refractivity contribution in [1.29, 1.82) is 0 Å². The number of hydrogen-bond acceptors (Lipinski definition) is 5. The molecule has 2 aromatic heterocycles. The molecule has 0 spiro atoms. The van der Waals surface area contributed by atoms with E-state index in [-0.39, 0.29) is 0 Å². The van der Waals surface area contributed by atoms with Crippen molar-refractivity contribution >= 4 is 0 Å². The van der Waals surface area contributed by atoms with Gasteiger partial charge in [-0.15, -0.1) is 0 Å². The molecule has 78 valence electrons. The fraction of sp³-hybridized carbons (Fsp3) is 0.333. The first kappa shape index (κ1) is 9.57. The maximum Gasteiger partial charge on any atom is 0.164 e. The summed E-state index contributed by atoms with van der Waals surface area (Å²) in [5.74, 6) is 1.42. The third kappa shape index (κ3) is 2.28. The van der Waals surface area contributed by atoms with Crippen LogP contribution in [0, 0.1) is 0 Å². The minimum absolute atomic E-state index is 0.376. The highest BCUT2D eigenvalue weighted by Gasteiger charge is 2.03. The average Bonchev–Trinajstić information content (AvgIpc) is 2.75. The van der Waals surface area contributed by atoms with E-state index in [1.165, 1.54) is 12.7 Å². The van der Waals surface area contributed by atoms with Gasteiger partial charge < -0.3 is 4.74 Å². The Hall–Kier alpha value is -1.98. The molecular weight excluding hydrogens is 194 g/mol. The molecule has 0 radical (unpaired) electrons. The van der Waals surface area contributed by atoms with E-state index in [2.05, 4.69) is 20.1 Å². The molecule has 6 heteroatoms. The summed E-state index contributed by atoms with van der Waals surface area (Å²) in [4.78, 5) is 11.8. The summed E-state index contributed by atoms with van der Waals surface area (Å²) in [6.07, 6.45) is 6.20. The van der Waals surface area contributed by atoms with Crippen LogP contribution in [0.1, 0.15) is 12.7 Å². The highest BCUT2D eigenvalue weighted by atomic mass is 16.5. The lowest BCUT2D eigenvalue weighted by Crippen LogP contribution is -2.07. The van der Waals surface area contributed by atoms with E-state index in [9.17, 15) is 0 Å². The van der Waals surface area contributed by atoms with Gasteiger partial charge in [0.2, 0.25) is 0 Å². The van der Waals surface area contributed by atoms with E-state index < -0.39 is 0 Å². The van der Waals surface area contributed by atoms with Gasteiger partial charge in [-0.2, -0.15) is 5.10 Å². The molecule has 0 N–H and O–H groups in total. The fourth-order valence-electron chi connectivity index (χ4n) is 1.17. The van der Waals surface area contributed by atoms with Crippen molar-refractivity contribution in [2.75, 3.05) is 0 Å². The van der Waals surface area contributed by atoms with Crippen LogP contribution in [0.5, 0.6) is 5.75 Å². The Bertz CT molecular complexity index is 413. The zero-order valence-corrected chi connectivity index (χ0v) is 8.37. The molecular formula is C9H11N5O. The topological polar surface area (TPSA) is 65.7 Å². The molecule has 2 aromatic rings. The molecule has 0 saturated carbocycles. The lowest BCUT2D eigenvalue weighted by atomic mass is 10.5. The number of nitrogens with zero attached hydrogens (tertiary/aromatic N) is 5. The second-order valence-electron chi connectivity index (χ2n) is 2.85. The van der Waals surface area contributed by atoms with Gasteiger partial charge in [0.25, 0.3) is 0 Å². The third-order valence-electron chi connectivity index (χ3n) is 1.90. The van der Waals surface area contributed by atoms with Gasteiger partial charge >= 0.3 is 0 Å². The van der Waals surface area contributed by atoms with Crippen LogP contribution in [0.2, 0.25) is 0 Å². The Balaban J connectivity index is 1.99. The van der Waals surface area contributed by atoms with E-state index >= 15 is 0 Å². The second kappa shape index (κ2) is 4.50. The van der Waals surface area contributed by atoms with E-state index in [0.29, 0.717) is 12.4 Å². The average molecular weight is 205 g/mol. The minimum atomic E-state index is 0.376. The Morgan fingerprint density at radius 1 is 1.27 bits per heavy atom. The summed E-state index contributed by atoms with van der Waals surface area (Å²) in [5, 5.41) is 4.04. The molecule has 0 unspecified atom stereocenters. The molecule has 0 aliphatic heterocycles. The molecule has 0 atom stereocenters. The summed E-state index contributed by atoms with van der Waals surface area (Å²) in [5.41, 5.74) is 0. The van der Waals surface area contributed by atoms with Crippen LogP contribution in [0.4, 0.5) is 0 Å². The molecule has 0 aliphatic rings. The van der Waals surface area contributed by atoms with Crippen molar-refractivity contribution in [3.8, 4) is 5.75 Å². The van der Waals surface area contributed by atoms with Crippen molar-refractivity contribution in [2.24, 2.45) is 0 Å². The number of aromatic nitrogens is 5. The quantitative estimate of drug-likeness (QED) is 0.733. The summed E-state index contributed by atoms with van der Waals surface area (Å²) in [6, 6.07) is 0. The Morgan fingerprint density at radius 3 is 2.80 bits per heavy atom. The van der Waals surface area contributed by atoms with Gasteiger partial charge in [0, 0.05) is 6.54 Å². The van der Waals surface area contributed by atoms with Crippen LogP contribution in [-0.2, 0) is 13.2 Å². The lowest BCUT2D eigenvalue weighted by Gasteiger charge is -2.04. The van der Waals surface area contributed by atoms with Crippen molar-refractivity contribution in [1.82, 2.24) is 24.7 Å². The molecule has 0 aliphatic carbocycles. The minimum Gasteiger partial charge on any atom is -0.482 e. The van der Waals surface area contributed by atoms with Gasteiger partial charge in [-0.25, -0.2) is 19.6 Å². The number of hydrogen-bond donors (Lipinski definition) is 0. The SMILES string of the molecule is CCn1ncnc1COc1cncnc1. The predicted molar refractivity (Wildman–Crippen MR) is 52.1 cm³/mol. The molecule has 0 fully saturated rings. The first-order valence-corrected chi connectivity index (χ1v) is 4.64. The molecule has 0 aromatic carbocycles. The molecule has 2 rings (SSSR count). The first-order valence-electron chi connectivity index (χ1n) is 4.64. The van der Waals surface area contributed by atoms with Crippen LogP contribution >= 0.6 is 0 Å². The molecule has 15 heavy (non-hydrogen) atoms. The summed E-state index contributed by atoms with van der Waals surface area (Å²) < 4.78 is 7.23. The van der Waals surface area contributed by atoms with Crippen LogP contribution in [0.15, 0.2) is 25.0 Å². The smallest absolute Gasteiger partial charge is 0.164 e. The number of ether oxygens (including phenoxy) is 1. The van der Waals surface area contributed by atoms with Crippen LogP contribution in [0.3, 0.4) is 0 Å². The van der Waals surface area contributed by atoms with E-state index in [1.54, 1.807) is 17.1 Å². The summed E-state index contributed by atoms with van der Waals surface area (Å²) >= 11 is 0. The van der Waals surface area contributed by atoms with E-state index in [0.717, 1.165) is 12.4 Å². The van der Waals surface area contributed by atoms with Crippen molar-refractivity contribution in [3.05, 3.63) is 30.9 Å². The largest absolute Gasteiger partial charge is 0.482 e. The highest BCUT2D eigenvalue weighted by molar-refractivity contribution is 5.10. The fourth-order valence-corrected chi connectivity index (χ4v) is 1.17. The molecule has 0 saturated heterocycles. The zero-order valence-electron chi connectivity index (χ0n) is 8.37. The normalized spacial score (nSPS) is 10.2. The van der Waals surface area contributed by atoms with Crippen LogP contribution < -0.4 is 4.74 Å². The van der Waals surface area contributed by atoms with Crippen molar-refractivity contribution < 1.29 is 4.74 Å². The van der Waals surface area contributed by atoms with Gasteiger partial charge in [-0.1, -0.05) is 0 Å². The third-order valence-corrected chi connectivity index (χ3v) is 1.90. The van der Waals surface area contributed by atoms with Gasteiger partial charge in [-0.05, 0) is 6.92 Å². The lowest BCUT2D eigenvalue weighted by molar-refractivity contribution is 0.285. The van der Waals surface area contributed by atoms with E-state index in [4.69, 9.17) is 4.74 Å². The monoisotopic (exact) mass is 205 g/mol. The Morgan fingerprint density at radius 2 is 2.07 bits per heavy atom. The number of aryl methyl sites for hydroxylation is 1. The van der Waals surface area contributed by atoms with Crippen LogP contribution in [-0.4, -0.2) is 24.7 Å². The van der Waals surface area contributed by atoms with Gasteiger partial charge in [0.1, 0.15) is 19.3 Å². The van der Waals surface area contributed by atoms with Gasteiger partial charge in [0.05, 0.1) is 12.4 Å². The molecule has 2 heterocycles. The van der Waals surface area contributed by atoms with Crippen molar-refractivity contribution in [2.45, 2.75) is 20.1 Å². The zero-order chi connectivity index (χ0) is 10.5. The predicted octanol–water partition coefficient (Wildman–Crippen LogP) is 0.667. The van der Waals surface area contributed by atoms with Crippen LogP contribution in [0.25, 0.3) is 0 Å². The van der Waals surface area contributed by atoms with E-state index in [1.807, 2.05) is 6.92 Å². The second-order valence-corrected chi connectivity index (χ2v) is 2.85. The Kier molecular flexibility index (Phi) is 2.87. The Labute approximate surface area is 87.0 Å². The summed E-state index contributed by atoms with van der Waals surface area (Å²) in [7, 11) is 0. The molecule has 6 nitrogen and oxygen atoms in total. The van der Waals surface area contributed by atoms with Gasteiger partial charge in [0.15, 0.2) is 11.6 Å². The first-order chi connectivity index (χ1) is 7.40. The maximum atomic E-state index is 5.44. The van der Waals surface area contributed by atoms with Crippen molar-refractivity contribution in [3.63, 3.8) is 0 Å². The maximum absolute atomic E-state index is 5.44. The number of rotatable bonds is 4.